The highest BCUT2D eigenvalue weighted by molar-refractivity contribution is 5.79. The number of hydrogen-bond acceptors (Lipinski definition) is 3. The number of aromatic nitrogens is 1. The molecule has 0 radical (unpaired) electrons. The minimum atomic E-state index is -0.124. The van der Waals surface area contributed by atoms with E-state index in [1.54, 1.807) is 13.1 Å². The molecule has 25 heavy (non-hydrogen) atoms. The van der Waals surface area contributed by atoms with E-state index in [2.05, 4.69) is 10.3 Å². The zero-order valence-corrected chi connectivity index (χ0v) is 15.1. The van der Waals surface area contributed by atoms with Gasteiger partial charge in [0, 0.05) is 38.0 Å². The summed E-state index contributed by atoms with van der Waals surface area (Å²) in [5.74, 6) is 0.708. The quantitative estimate of drug-likeness (QED) is 0.914. The van der Waals surface area contributed by atoms with Crippen molar-refractivity contribution in [2.75, 3.05) is 13.1 Å². The molecule has 1 N–H and O–H groups in total. The first kappa shape index (κ1) is 17.9. The summed E-state index contributed by atoms with van der Waals surface area (Å²) < 4.78 is 0. The van der Waals surface area contributed by atoms with Crippen molar-refractivity contribution in [1.29, 1.82) is 0 Å². The standard InChI is InChI=1S/C20H29N3O2/c1-15(24)22-19(18-11-5-6-12-21-18)17-10-7-13-23(14-17)20(25)16-8-3-2-4-9-16/h5-6,11-12,16-17,19H,2-4,7-10,13-14H2,1H3,(H,22,24). The number of amides is 2. The fraction of sp³-hybridized carbons (Fsp3) is 0.650. The van der Waals surface area contributed by atoms with E-state index in [1.807, 2.05) is 23.1 Å². The Balaban J connectivity index is 1.71. The first-order chi connectivity index (χ1) is 12.1. The van der Waals surface area contributed by atoms with Gasteiger partial charge in [-0.15, -0.1) is 0 Å². The second-order valence-corrected chi connectivity index (χ2v) is 7.45. The van der Waals surface area contributed by atoms with Gasteiger partial charge < -0.3 is 10.2 Å². The molecule has 5 heteroatoms. The molecule has 2 amide bonds. The number of carbonyl (C=O) groups is 2. The Morgan fingerprint density at radius 3 is 2.64 bits per heavy atom. The van der Waals surface area contributed by atoms with Crippen LogP contribution >= 0.6 is 0 Å². The van der Waals surface area contributed by atoms with Gasteiger partial charge in [0.25, 0.3) is 0 Å². The van der Waals surface area contributed by atoms with E-state index < -0.39 is 0 Å². The molecule has 5 nitrogen and oxygen atoms in total. The predicted octanol–water partition coefficient (Wildman–Crippen LogP) is 3.08. The molecule has 2 aliphatic rings. The van der Waals surface area contributed by atoms with Crippen molar-refractivity contribution in [3.63, 3.8) is 0 Å². The normalized spacial score (nSPS) is 23.1. The van der Waals surface area contributed by atoms with Gasteiger partial charge in [-0.2, -0.15) is 0 Å². The maximum Gasteiger partial charge on any atom is 0.225 e. The summed E-state index contributed by atoms with van der Waals surface area (Å²) in [5.41, 5.74) is 0.884. The molecule has 0 spiro atoms. The van der Waals surface area contributed by atoms with Crippen LogP contribution in [0.1, 0.15) is 63.6 Å². The molecule has 1 aliphatic carbocycles. The van der Waals surface area contributed by atoms with Gasteiger partial charge in [0.1, 0.15) is 0 Å². The average Bonchev–Trinajstić information content (AvgIpc) is 2.67. The largest absolute Gasteiger partial charge is 0.348 e. The van der Waals surface area contributed by atoms with Crippen LogP contribution in [0.3, 0.4) is 0 Å². The lowest BCUT2D eigenvalue weighted by Crippen LogP contribution is -2.47. The van der Waals surface area contributed by atoms with Crippen molar-refractivity contribution in [2.45, 2.75) is 57.9 Å². The third kappa shape index (κ3) is 4.59. The van der Waals surface area contributed by atoms with Crippen LogP contribution in [0.2, 0.25) is 0 Å². The van der Waals surface area contributed by atoms with E-state index in [9.17, 15) is 9.59 Å². The highest BCUT2D eigenvalue weighted by atomic mass is 16.2. The third-order valence-corrected chi connectivity index (χ3v) is 5.56. The zero-order valence-electron chi connectivity index (χ0n) is 15.1. The summed E-state index contributed by atoms with van der Waals surface area (Å²) in [6.45, 7) is 3.11. The number of carbonyl (C=O) groups excluding carboxylic acids is 2. The van der Waals surface area contributed by atoms with Gasteiger partial charge in [-0.05, 0) is 37.8 Å². The smallest absolute Gasteiger partial charge is 0.225 e. The summed E-state index contributed by atoms with van der Waals surface area (Å²) in [6, 6.07) is 5.67. The Morgan fingerprint density at radius 2 is 1.96 bits per heavy atom. The van der Waals surface area contributed by atoms with Crippen molar-refractivity contribution >= 4 is 11.8 Å². The van der Waals surface area contributed by atoms with Crippen LogP contribution in [-0.4, -0.2) is 34.8 Å². The maximum absolute atomic E-state index is 12.9. The van der Waals surface area contributed by atoms with Crippen molar-refractivity contribution in [2.24, 2.45) is 11.8 Å². The van der Waals surface area contributed by atoms with Gasteiger partial charge in [0.05, 0.1) is 11.7 Å². The van der Waals surface area contributed by atoms with Gasteiger partial charge in [-0.3, -0.25) is 14.6 Å². The topological polar surface area (TPSA) is 62.3 Å². The van der Waals surface area contributed by atoms with Crippen molar-refractivity contribution in [3.8, 4) is 0 Å². The highest BCUT2D eigenvalue weighted by Gasteiger charge is 2.34. The van der Waals surface area contributed by atoms with E-state index in [-0.39, 0.29) is 23.8 Å². The Hall–Kier alpha value is -1.91. The number of nitrogens with zero attached hydrogens (tertiary/aromatic N) is 2. The number of nitrogens with one attached hydrogen (secondary N) is 1. The number of likely N-dealkylation sites (tertiary alicyclic amines) is 1. The molecule has 0 aromatic carbocycles. The van der Waals surface area contributed by atoms with Gasteiger partial charge in [0.15, 0.2) is 0 Å². The lowest BCUT2D eigenvalue weighted by atomic mass is 9.85. The average molecular weight is 343 g/mol. The van der Waals surface area contributed by atoms with Crippen LogP contribution in [0.15, 0.2) is 24.4 Å². The summed E-state index contributed by atoms with van der Waals surface area (Å²) in [6.07, 6.45) is 9.45. The lowest BCUT2D eigenvalue weighted by Gasteiger charge is -2.39. The minimum absolute atomic E-state index is 0.0496. The molecule has 1 saturated heterocycles. The van der Waals surface area contributed by atoms with Gasteiger partial charge in [0.2, 0.25) is 11.8 Å². The van der Waals surface area contributed by atoms with E-state index in [0.29, 0.717) is 5.91 Å². The molecule has 136 valence electrons. The third-order valence-electron chi connectivity index (χ3n) is 5.56. The molecule has 1 aromatic heterocycles. The van der Waals surface area contributed by atoms with Gasteiger partial charge in [-0.25, -0.2) is 0 Å². The summed E-state index contributed by atoms with van der Waals surface area (Å²) in [7, 11) is 0. The molecule has 2 heterocycles. The summed E-state index contributed by atoms with van der Waals surface area (Å²) >= 11 is 0. The van der Waals surface area contributed by atoms with E-state index in [1.165, 1.54) is 19.3 Å². The molecule has 2 fully saturated rings. The Bertz CT molecular complexity index is 584. The molecular formula is C20H29N3O2. The monoisotopic (exact) mass is 343 g/mol. The molecule has 1 aromatic rings. The lowest BCUT2D eigenvalue weighted by molar-refractivity contribution is -0.138. The van der Waals surface area contributed by atoms with Crippen LogP contribution in [0.5, 0.6) is 0 Å². The molecular weight excluding hydrogens is 314 g/mol. The predicted molar refractivity (Wildman–Crippen MR) is 96.7 cm³/mol. The number of hydrogen-bond donors (Lipinski definition) is 1. The van der Waals surface area contributed by atoms with Gasteiger partial charge >= 0.3 is 0 Å². The van der Waals surface area contributed by atoms with Crippen LogP contribution in [0, 0.1) is 11.8 Å². The van der Waals surface area contributed by atoms with E-state index >= 15 is 0 Å². The van der Waals surface area contributed by atoms with Crippen molar-refractivity contribution < 1.29 is 9.59 Å². The first-order valence-corrected chi connectivity index (χ1v) is 9.62. The van der Waals surface area contributed by atoms with Crippen LogP contribution < -0.4 is 5.32 Å². The van der Waals surface area contributed by atoms with E-state index in [0.717, 1.165) is 44.5 Å². The highest BCUT2D eigenvalue weighted by Crippen LogP contribution is 2.32. The molecule has 0 bridgehead atoms. The zero-order chi connectivity index (χ0) is 17.6. The minimum Gasteiger partial charge on any atom is -0.348 e. The molecule has 2 atom stereocenters. The van der Waals surface area contributed by atoms with Crippen molar-refractivity contribution in [3.05, 3.63) is 30.1 Å². The Morgan fingerprint density at radius 1 is 1.16 bits per heavy atom. The molecule has 1 aliphatic heterocycles. The van der Waals surface area contributed by atoms with Crippen LogP contribution in [0.4, 0.5) is 0 Å². The van der Waals surface area contributed by atoms with E-state index in [4.69, 9.17) is 0 Å². The molecule has 3 rings (SSSR count). The SMILES string of the molecule is CC(=O)NC(c1ccccn1)C1CCCN(C(=O)C2CCCCC2)C1. The summed E-state index contributed by atoms with van der Waals surface area (Å²) in [4.78, 5) is 31.1. The molecule has 2 unspecified atom stereocenters. The van der Waals surface area contributed by atoms with Crippen molar-refractivity contribution in [1.82, 2.24) is 15.2 Å². The Kier molecular flexibility index (Phi) is 6.05. The molecule has 1 saturated carbocycles. The number of rotatable bonds is 4. The van der Waals surface area contributed by atoms with Crippen LogP contribution in [0.25, 0.3) is 0 Å². The maximum atomic E-state index is 12.9. The fourth-order valence-corrected chi connectivity index (χ4v) is 4.30. The Labute approximate surface area is 150 Å². The summed E-state index contributed by atoms with van der Waals surface area (Å²) in [5, 5.41) is 3.07. The number of pyridine rings is 1. The van der Waals surface area contributed by atoms with Crippen LogP contribution in [-0.2, 0) is 9.59 Å². The number of piperidine rings is 1. The fourth-order valence-electron chi connectivity index (χ4n) is 4.30. The second kappa shape index (κ2) is 8.45. The first-order valence-electron chi connectivity index (χ1n) is 9.62. The second-order valence-electron chi connectivity index (χ2n) is 7.45. The van der Waals surface area contributed by atoms with Gasteiger partial charge in [-0.1, -0.05) is 25.3 Å².